The Morgan fingerprint density at radius 1 is 1.16 bits per heavy atom. The first-order chi connectivity index (χ1) is 17.1. The van der Waals surface area contributed by atoms with Gasteiger partial charge in [0.15, 0.2) is 0 Å². The minimum absolute atomic E-state index is 0.0315. The van der Waals surface area contributed by atoms with Gasteiger partial charge in [0.2, 0.25) is 5.91 Å². The fraction of sp³-hybridized carbons (Fsp3) is 0.481. The maximum atomic E-state index is 13.2. The number of phenolic OH excluding ortho intramolecular Hbond substituents is 2. The number of benzene rings is 2. The van der Waals surface area contributed by atoms with Crippen LogP contribution >= 0.6 is 11.6 Å². The molecule has 0 radical (unpaired) electrons. The van der Waals surface area contributed by atoms with E-state index in [2.05, 4.69) is 20.8 Å². The lowest BCUT2D eigenvalue weighted by Gasteiger charge is -2.38. The van der Waals surface area contributed by atoms with E-state index >= 15 is 0 Å². The third-order valence-corrected chi connectivity index (χ3v) is 8.94. The van der Waals surface area contributed by atoms with Crippen molar-refractivity contribution in [3.8, 4) is 11.5 Å². The molecule has 2 aromatic carbocycles. The average Bonchev–Trinajstić information content (AvgIpc) is 3.12. The molecule has 0 spiro atoms. The van der Waals surface area contributed by atoms with E-state index in [-0.39, 0.29) is 33.7 Å². The molecule has 2 fully saturated rings. The normalized spacial score (nSPS) is 24.2. The molecule has 2 aliphatic carbocycles. The van der Waals surface area contributed by atoms with E-state index in [9.17, 15) is 33.0 Å². The number of amides is 1. The van der Waals surface area contributed by atoms with E-state index in [1.165, 1.54) is 19.1 Å². The third-order valence-electron chi connectivity index (χ3n) is 8.65. The molecule has 0 aliphatic heterocycles. The minimum atomic E-state index is -4.71. The van der Waals surface area contributed by atoms with Crippen LogP contribution in [0.15, 0.2) is 30.3 Å². The highest BCUT2D eigenvalue weighted by atomic mass is 35.5. The van der Waals surface area contributed by atoms with Crippen LogP contribution in [0.25, 0.3) is 0 Å². The standard InChI is InChI=1S/C27H29ClF3NO5/c1-14(33)32(13-15-9-17(27(29,30)31)10-20(28)23(15)35)18-5-6-19(21(34)12-18)24(36)37-22-11-16-7-8-26(22,4)25(16,2)3/h5-6,9-10,12,16,22,34-35H,7-8,11,13H2,1-4H3. The van der Waals surface area contributed by atoms with Gasteiger partial charge >= 0.3 is 12.1 Å². The highest BCUT2D eigenvalue weighted by molar-refractivity contribution is 6.32. The number of hydrogen-bond acceptors (Lipinski definition) is 5. The summed E-state index contributed by atoms with van der Waals surface area (Å²) in [5, 5.41) is 20.3. The molecule has 6 nitrogen and oxygen atoms in total. The SMILES string of the molecule is CC(=O)N(Cc1cc(C(F)(F)F)cc(Cl)c1O)c1ccc(C(=O)OC2CC3CCC2(C)C3(C)C)c(O)c1. The number of phenols is 2. The summed E-state index contributed by atoms with van der Waals surface area (Å²) >= 11 is 5.79. The Bertz CT molecular complexity index is 1260. The summed E-state index contributed by atoms with van der Waals surface area (Å²) in [7, 11) is 0. The third kappa shape index (κ3) is 4.62. The Hall–Kier alpha value is -2.94. The number of esters is 1. The predicted octanol–water partition coefficient (Wildman–Crippen LogP) is 6.69. The van der Waals surface area contributed by atoms with Crippen LogP contribution < -0.4 is 4.90 Å². The second kappa shape index (κ2) is 9.11. The van der Waals surface area contributed by atoms with Crippen LogP contribution in [0.1, 0.15) is 68.4 Å². The number of halogens is 4. The molecule has 0 saturated heterocycles. The Labute approximate surface area is 218 Å². The zero-order valence-electron chi connectivity index (χ0n) is 20.9. The van der Waals surface area contributed by atoms with Gasteiger partial charge in [-0.05, 0) is 54.9 Å². The van der Waals surface area contributed by atoms with Gasteiger partial charge in [0.05, 0.1) is 17.1 Å². The molecule has 10 heteroatoms. The van der Waals surface area contributed by atoms with E-state index in [1.807, 2.05) is 0 Å². The van der Waals surface area contributed by atoms with Crippen LogP contribution in [0.2, 0.25) is 5.02 Å². The number of alkyl halides is 3. The van der Waals surface area contributed by atoms with Crippen molar-refractivity contribution in [3.63, 3.8) is 0 Å². The van der Waals surface area contributed by atoms with E-state index < -0.39 is 46.7 Å². The van der Waals surface area contributed by atoms with Gasteiger partial charge in [-0.15, -0.1) is 0 Å². The van der Waals surface area contributed by atoms with Crippen molar-refractivity contribution in [3.05, 3.63) is 52.0 Å². The Kier molecular flexibility index (Phi) is 6.68. The maximum absolute atomic E-state index is 13.2. The molecule has 2 bridgehead atoms. The largest absolute Gasteiger partial charge is 0.507 e. The lowest BCUT2D eigenvalue weighted by molar-refractivity contribution is -0.137. The summed E-state index contributed by atoms with van der Waals surface area (Å²) in [5.41, 5.74) is -1.41. The van der Waals surface area contributed by atoms with Gasteiger partial charge in [-0.1, -0.05) is 32.4 Å². The first-order valence-corrected chi connectivity index (χ1v) is 12.3. The van der Waals surface area contributed by atoms with Crippen LogP contribution in [0.5, 0.6) is 11.5 Å². The molecule has 37 heavy (non-hydrogen) atoms. The molecule has 4 rings (SSSR count). The van der Waals surface area contributed by atoms with Gasteiger partial charge in [0.25, 0.3) is 0 Å². The molecule has 3 atom stereocenters. The van der Waals surface area contributed by atoms with Crippen LogP contribution in [-0.4, -0.2) is 28.2 Å². The Balaban J connectivity index is 1.57. The first-order valence-electron chi connectivity index (χ1n) is 12.0. The topological polar surface area (TPSA) is 87.1 Å². The smallest absolute Gasteiger partial charge is 0.416 e. The summed E-state index contributed by atoms with van der Waals surface area (Å²) in [6, 6.07) is 5.16. The van der Waals surface area contributed by atoms with Crippen molar-refractivity contribution < 1.29 is 37.7 Å². The van der Waals surface area contributed by atoms with E-state index in [0.29, 0.717) is 18.1 Å². The number of rotatable bonds is 5. The Morgan fingerprint density at radius 2 is 1.84 bits per heavy atom. The number of hydrogen-bond donors (Lipinski definition) is 2. The van der Waals surface area contributed by atoms with Crippen LogP contribution in [0.3, 0.4) is 0 Å². The molecule has 0 aromatic heterocycles. The van der Waals surface area contributed by atoms with Gasteiger partial charge in [-0.25, -0.2) is 4.79 Å². The summed E-state index contributed by atoms with van der Waals surface area (Å²) in [4.78, 5) is 26.4. The molecular formula is C27H29ClF3NO5. The van der Waals surface area contributed by atoms with Gasteiger partial charge in [-0.2, -0.15) is 13.2 Å². The fourth-order valence-electron chi connectivity index (χ4n) is 5.86. The number of fused-ring (bicyclic) bond motifs is 2. The maximum Gasteiger partial charge on any atom is 0.416 e. The van der Waals surface area contributed by atoms with Crippen molar-refractivity contribution in [2.75, 3.05) is 4.90 Å². The minimum Gasteiger partial charge on any atom is -0.507 e. The lowest BCUT2D eigenvalue weighted by atomic mass is 9.70. The molecule has 2 aliphatic rings. The number of aromatic hydroxyl groups is 2. The summed E-state index contributed by atoms with van der Waals surface area (Å²) in [5.74, 6) is -1.83. The summed E-state index contributed by atoms with van der Waals surface area (Å²) < 4.78 is 45.5. The highest BCUT2D eigenvalue weighted by Crippen LogP contribution is 2.66. The van der Waals surface area contributed by atoms with Crippen LogP contribution in [0.4, 0.5) is 18.9 Å². The van der Waals surface area contributed by atoms with Crippen molar-refractivity contribution in [2.24, 2.45) is 16.7 Å². The predicted molar refractivity (Wildman–Crippen MR) is 132 cm³/mol. The summed E-state index contributed by atoms with van der Waals surface area (Å²) in [6.07, 6.45) is -2.19. The molecule has 3 unspecified atom stereocenters. The second-order valence-corrected chi connectivity index (χ2v) is 11.2. The highest BCUT2D eigenvalue weighted by Gasteiger charge is 2.62. The van der Waals surface area contributed by atoms with E-state index in [0.717, 1.165) is 30.2 Å². The van der Waals surface area contributed by atoms with Crippen LogP contribution in [0, 0.1) is 16.7 Å². The van der Waals surface area contributed by atoms with Crippen molar-refractivity contribution in [1.82, 2.24) is 0 Å². The van der Waals surface area contributed by atoms with Gasteiger partial charge in [-0.3, -0.25) is 4.79 Å². The van der Waals surface area contributed by atoms with Crippen molar-refractivity contribution in [2.45, 2.75) is 65.8 Å². The quantitative estimate of drug-likeness (QED) is 0.413. The zero-order valence-corrected chi connectivity index (χ0v) is 21.7. The number of carbonyl (C=O) groups excluding carboxylic acids is 2. The number of nitrogens with zero attached hydrogens (tertiary/aromatic N) is 1. The fourth-order valence-corrected chi connectivity index (χ4v) is 6.10. The lowest BCUT2D eigenvalue weighted by Crippen LogP contribution is -2.38. The molecule has 2 N–H and O–H groups in total. The summed E-state index contributed by atoms with van der Waals surface area (Å²) in [6.45, 7) is 7.24. The average molecular weight is 540 g/mol. The zero-order chi connectivity index (χ0) is 27.5. The molecule has 200 valence electrons. The monoisotopic (exact) mass is 539 g/mol. The number of carbonyl (C=O) groups is 2. The van der Waals surface area contributed by atoms with Gasteiger partial charge in [0.1, 0.15) is 23.2 Å². The molecule has 2 aromatic rings. The van der Waals surface area contributed by atoms with Crippen molar-refractivity contribution in [1.29, 1.82) is 0 Å². The second-order valence-electron chi connectivity index (χ2n) is 10.8. The Morgan fingerprint density at radius 3 is 2.35 bits per heavy atom. The van der Waals surface area contributed by atoms with Crippen LogP contribution in [-0.2, 0) is 22.3 Å². The first kappa shape index (κ1) is 27.1. The number of ether oxygens (including phenoxy) is 1. The van der Waals surface area contributed by atoms with Crippen molar-refractivity contribution >= 4 is 29.2 Å². The number of anilines is 1. The molecule has 2 saturated carbocycles. The van der Waals surface area contributed by atoms with E-state index in [1.54, 1.807) is 0 Å². The van der Waals surface area contributed by atoms with Gasteiger partial charge < -0.3 is 19.8 Å². The molecular weight excluding hydrogens is 511 g/mol. The van der Waals surface area contributed by atoms with Gasteiger partial charge in [0, 0.05) is 29.7 Å². The van der Waals surface area contributed by atoms with E-state index in [4.69, 9.17) is 16.3 Å². The molecule has 0 heterocycles. The molecule has 1 amide bonds.